The third kappa shape index (κ3) is 1.58. The number of alkyl halides is 1. The lowest BCUT2D eigenvalue weighted by atomic mass is 10.2. The van der Waals surface area contributed by atoms with Crippen LogP contribution in [0.4, 0.5) is 10.1 Å². The van der Waals surface area contributed by atoms with Crippen LogP contribution in [-0.2, 0) is 6.67 Å². The van der Waals surface area contributed by atoms with Gasteiger partial charge in [0.05, 0.1) is 10.5 Å². The van der Waals surface area contributed by atoms with Crippen LogP contribution in [0.1, 0.15) is 5.56 Å². The molecule has 64 valence electrons. The predicted molar refractivity (Wildman–Crippen MR) is 43.4 cm³/mol. The van der Waals surface area contributed by atoms with Gasteiger partial charge in [0.25, 0.3) is 5.69 Å². The van der Waals surface area contributed by atoms with E-state index >= 15 is 0 Å². The van der Waals surface area contributed by atoms with Gasteiger partial charge in [-0.1, -0.05) is 0 Å². The number of nitrogens with zero attached hydrogens (tertiary/aromatic N) is 2. The summed E-state index contributed by atoms with van der Waals surface area (Å²) in [6.07, 6.45) is 2.40. The first-order chi connectivity index (χ1) is 5.66. The Labute approximate surface area is 75.7 Å². The lowest BCUT2D eigenvalue weighted by Crippen LogP contribution is -1.95. The van der Waals surface area contributed by atoms with Crippen LogP contribution >= 0.6 is 15.9 Å². The summed E-state index contributed by atoms with van der Waals surface area (Å²) in [5.41, 5.74) is -0.276. The zero-order valence-corrected chi connectivity index (χ0v) is 7.41. The van der Waals surface area contributed by atoms with Crippen molar-refractivity contribution in [2.24, 2.45) is 0 Å². The Morgan fingerprint density at radius 1 is 1.67 bits per heavy atom. The standard InChI is InChI=1S/C6H4BrFN2O2/c7-5-3-9-2-4(1-8)6(5)10(11)12/h2-3H,1H2. The van der Waals surface area contributed by atoms with E-state index in [9.17, 15) is 14.5 Å². The van der Waals surface area contributed by atoms with Crippen molar-refractivity contribution in [1.82, 2.24) is 4.98 Å². The fraction of sp³-hybridized carbons (Fsp3) is 0.167. The summed E-state index contributed by atoms with van der Waals surface area (Å²) in [7, 11) is 0. The van der Waals surface area contributed by atoms with Crippen LogP contribution < -0.4 is 0 Å². The van der Waals surface area contributed by atoms with Gasteiger partial charge in [-0.3, -0.25) is 15.1 Å². The molecule has 6 heteroatoms. The van der Waals surface area contributed by atoms with Crippen LogP contribution in [0, 0.1) is 10.1 Å². The Bertz CT molecular complexity index is 318. The molecule has 4 nitrogen and oxygen atoms in total. The lowest BCUT2D eigenvalue weighted by molar-refractivity contribution is -0.386. The minimum atomic E-state index is -0.886. The summed E-state index contributed by atoms with van der Waals surface area (Å²) < 4.78 is 12.4. The van der Waals surface area contributed by atoms with Gasteiger partial charge in [0.15, 0.2) is 0 Å². The SMILES string of the molecule is O=[N+]([O-])c1c(Br)cncc1CF. The highest BCUT2D eigenvalue weighted by Crippen LogP contribution is 2.27. The fourth-order valence-corrected chi connectivity index (χ4v) is 1.29. The van der Waals surface area contributed by atoms with E-state index in [0.29, 0.717) is 0 Å². The molecule has 1 aromatic rings. The highest BCUT2D eigenvalue weighted by molar-refractivity contribution is 9.10. The summed E-state index contributed by atoms with van der Waals surface area (Å²) in [6.45, 7) is -0.886. The van der Waals surface area contributed by atoms with Crippen LogP contribution in [-0.4, -0.2) is 9.91 Å². The van der Waals surface area contributed by atoms with E-state index in [2.05, 4.69) is 20.9 Å². The first-order valence-electron chi connectivity index (χ1n) is 2.99. The first kappa shape index (κ1) is 9.05. The van der Waals surface area contributed by atoms with Gasteiger partial charge in [-0.2, -0.15) is 0 Å². The smallest absolute Gasteiger partial charge is 0.263 e. The molecular weight excluding hydrogens is 231 g/mol. The molecule has 1 aromatic heterocycles. The molecule has 0 aliphatic heterocycles. The molecule has 1 rings (SSSR count). The maximum atomic E-state index is 12.2. The van der Waals surface area contributed by atoms with Crippen LogP contribution in [0.3, 0.4) is 0 Å². The van der Waals surface area contributed by atoms with E-state index in [1.807, 2.05) is 0 Å². The molecule has 0 amide bonds. The number of aromatic nitrogens is 1. The maximum Gasteiger partial charge on any atom is 0.292 e. The van der Waals surface area contributed by atoms with Crippen molar-refractivity contribution < 1.29 is 9.31 Å². The molecule has 0 atom stereocenters. The molecule has 0 N–H and O–H groups in total. The predicted octanol–water partition coefficient (Wildman–Crippen LogP) is 2.22. The summed E-state index contributed by atoms with van der Waals surface area (Å²) in [4.78, 5) is 13.4. The highest BCUT2D eigenvalue weighted by Gasteiger charge is 2.17. The number of hydrogen-bond donors (Lipinski definition) is 0. The second-order valence-electron chi connectivity index (χ2n) is 2.02. The van der Waals surface area contributed by atoms with Gasteiger partial charge in [0.2, 0.25) is 0 Å². The number of hydrogen-bond acceptors (Lipinski definition) is 3. The third-order valence-corrected chi connectivity index (χ3v) is 1.86. The number of rotatable bonds is 2. The van der Waals surface area contributed by atoms with Gasteiger partial charge in [-0.25, -0.2) is 4.39 Å². The number of pyridine rings is 1. The Kier molecular flexibility index (Phi) is 2.69. The van der Waals surface area contributed by atoms with Crippen LogP contribution in [0.15, 0.2) is 16.9 Å². The number of nitro groups is 1. The zero-order valence-electron chi connectivity index (χ0n) is 5.83. The molecule has 0 saturated heterocycles. The van der Waals surface area contributed by atoms with Gasteiger partial charge in [-0.15, -0.1) is 0 Å². The average molecular weight is 235 g/mol. The number of halogens is 2. The molecule has 0 saturated carbocycles. The van der Waals surface area contributed by atoms with Crippen molar-refractivity contribution in [3.8, 4) is 0 Å². The first-order valence-corrected chi connectivity index (χ1v) is 3.79. The molecule has 0 radical (unpaired) electrons. The Balaban J connectivity index is 3.29. The highest BCUT2D eigenvalue weighted by atomic mass is 79.9. The van der Waals surface area contributed by atoms with Crippen molar-refractivity contribution in [3.63, 3.8) is 0 Å². The second kappa shape index (κ2) is 3.57. The molecule has 0 aliphatic rings. The molecule has 0 bridgehead atoms. The van der Waals surface area contributed by atoms with Gasteiger partial charge >= 0.3 is 0 Å². The summed E-state index contributed by atoms with van der Waals surface area (Å²) >= 11 is 2.92. The quantitative estimate of drug-likeness (QED) is 0.583. The van der Waals surface area contributed by atoms with E-state index in [1.54, 1.807) is 0 Å². The normalized spacial score (nSPS) is 9.83. The largest absolute Gasteiger partial charge is 0.292 e. The van der Waals surface area contributed by atoms with E-state index in [4.69, 9.17) is 0 Å². The molecule has 0 aromatic carbocycles. The molecule has 0 fully saturated rings. The van der Waals surface area contributed by atoms with Crippen LogP contribution in [0.25, 0.3) is 0 Å². The van der Waals surface area contributed by atoms with Crippen molar-refractivity contribution in [3.05, 3.63) is 32.5 Å². The summed E-state index contributed by atoms with van der Waals surface area (Å²) in [6, 6.07) is 0. The van der Waals surface area contributed by atoms with Gasteiger partial charge in [0, 0.05) is 12.4 Å². The minimum Gasteiger partial charge on any atom is -0.263 e. The second-order valence-corrected chi connectivity index (χ2v) is 2.87. The molecule has 1 heterocycles. The zero-order chi connectivity index (χ0) is 9.14. The van der Waals surface area contributed by atoms with E-state index < -0.39 is 11.6 Å². The Morgan fingerprint density at radius 2 is 2.33 bits per heavy atom. The summed E-state index contributed by atoms with van der Waals surface area (Å²) in [5, 5.41) is 10.4. The topological polar surface area (TPSA) is 56.0 Å². The van der Waals surface area contributed by atoms with Crippen molar-refractivity contribution in [2.75, 3.05) is 0 Å². The van der Waals surface area contributed by atoms with E-state index in [-0.39, 0.29) is 15.7 Å². The van der Waals surface area contributed by atoms with Gasteiger partial charge < -0.3 is 0 Å². The maximum absolute atomic E-state index is 12.2. The van der Waals surface area contributed by atoms with Crippen molar-refractivity contribution >= 4 is 21.6 Å². The fourth-order valence-electron chi connectivity index (χ4n) is 0.771. The molecule has 12 heavy (non-hydrogen) atoms. The van der Waals surface area contributed by atoms with Crippen LogP contribution in [0.2, 0.25) is 0 Å². The van der Waals surface area contributed by atoms with E-state index in [1.165, 1.54) is 6.20 Å². The lowest BCUT2D eigenvalue weighted by Gasteiger charge is -1.98. The van der Waals surface area contributed by atoms with Crippen molar-refractivity contribution in [1.29, 1.82) is 0 Å². The minimum absolute atomic E-state index is 0.0191. The Morgan fingerprint density at radius 3 is 2.75 bits per heavy atom. The monoisotopic (exact) mass is 234 g/mol. The van der Waals surface area contributed by atoms with Crippen LogP contribution in [0.5, 0.6) is 0 Å². The molecular formula is C6H4BrFN2O2. The molecule has 0 aliphatic carbocycles. The molecule has 0 unspecified atom stereocenters. The summed E-state index contributed by atoms with van der Waals surface area (Å²) in [5.74, 6) is 0. The van der Waals surface area contributed by atoms with Crippen molar-refractivity contribution in [2.45, 2.75) is 6.67 Å². The van der Waals surface area contributed by atoms with Gasteiger partial charge in [0.1, 0.15) is 11.1 Å². The van der Waals surface area contributed by atoms with E-state index in [0.717, 1.165) is 6.20 Å². The average Bonchev–Trinajstić information content (AvgIpc) is 2.03. The third-order valence-electron chi connectivity index (χ3n) is 1.28. The molecule has 0 spiro atoms. The van der Waals surface area contributed by atoms with Gasteiger partial charge in [-0.05, 0) is 15.9 Å². The Hall–Kier alpha value is -1.04.